The van der Waals surface area contributed by atoms with Gasteiger partial charge in [-0.2, -0.15) is 0 Å². The molecule has 2 fully saturated rings. The number of ketones is 1. The number of amides is 4. The maximum Gasteiger partial charge on any atom is 0.429 e. The predicted octanol–water partition coefficient (Wildman–Crippen LogP) is 2.67. The monoisotopic (exact) mass is 579 g/mol. The number of carbonyl (C=O) groups is 5. The first-order valence-corrected chi connectivity index (χ1v) is 13.2. The first kappa shape index (κ1) is 31.6. The van der Waals surface area contributed by atoms with Crippen molar-refractivity contribution in [3.8, 4) is 0 Å². The van der Waals surface area contributed by atoms with Crippen LogP contribution in [0.3, 0.4) is 0 Å². The highest BCUT2D eigenvalue weighted by atomic mass is 19.1. The van der Waals surface area contributed by atoms with Crippen molar-refractivity contribution in [1.82, 2.24) is 14.8 Å². The summed E-state index contributed by atoms with van der Waals surface area (Å²) in [5.41, 5.74) is 3.84. The van der Waals surface area contributed by atoms with Crippen molar-refractivity contribution in [3.05, 3.63) is 30.1 Å². The van der Waals surface area contributed by atoms with Crippen molar-refractivity contribution in [2.45, 2.75) is 77.9 Å². The van der Waals surface area contributed by atoms with Gasteiger partial charge in [-0.15, -0.1) is 0 Å². The average Bonchev–Trinajstić information content (AvgIpc) is 3.23. The lowest BCUT2D eigenvalue weighted by molar-refractivity contribution is -0.128. The number of anilines is 1. The van der Waals surface area contributed by atoms with E-state index in [2.05, 4.69) is 0 Å². The van der Waals surface area contributed by atoms with Gasteiger partial charge in [0.2, 0.25) is 0 Å². The van der Waals surface area contributed by atoms with Gasteiger partial charge in [0.05, 0.1) is 13.1 Å². The molecule has 2 aliphatic rings. The van der Waals surface area contributed by atoms with Crippen molar-refractivity contribution in [3.63, 3.8) is 0 Å². The largest absolute Gasteiger partial charge is 0.444 e. The minimum absolute atomic E-state index is 0.0267. The Labute approximate surface area is 238 Å². The number of ether oxygens (including phenoxy) is 3. The third-order valence-corrected chi connectivity index (χ3v) is 6.16. The number of hydrogen-bond acceptors (Lipinski definition) is 9. The quantitative estimate of drug-likeness (QED) is 0.519. The summed E-state index contributed by atoms with van der Waals surface area (Å²) in [5.74, 6) is -2.23. The Kier molecular flexibility index (Phi) is 9.16. The summed E-state index contributed by atoms with van der Waals surface area (Å²) in [5, 5.41) is 1.58. The second kappa shape index (κ2) is 11.9. The van der Waals surface area contributed by atoms with Crippen LogP contribution in [0.4, 0.5) is 24.5 Å². The van der Waals surface area contributed by atoms with Gasteiger partial charge in [-0.25, -0.2) is 28.8 Å². The van der Waals surface area contributed by atoms with Crippen LogP contribution < -0.4 is 10.7 Å². The highest BCUT2D eigenvalue weighted by Crippen LogP contribution is 2.29. The van der Waals surface area contributed by atoms with Gasteiger partial charge >= 0.3 is 18.3 Å². The van der Waals surface area contributed by atoms with Crippen LogP contribution in [0.1, 0.15) is 48.5 Å². The van der Waals surface area contributed by atoms with Crippen LogP contribution in [-0.2, 0) is 23.8 Å². The number of halogens is 1. The zero-order chi connectivity index (χ0) is 30.9. The minimum Gasteiger partial charge on any atom is -0.444 e. The van der Waals surface area contributed by atoms with Crippen LogP contribution in [0.15, 0.2) is 24.3 Å². The standard InChI is InChI=1S/C27H38FN5O8/c1-16(34)21(29)20-15-32(25(38)39-20)33(18-11-9-8-10-17(18)28)22(35)19-14-30(23(36)40-26(2,3)4)12-13-31(19)24(37)41-27(5,6)7/h8-11,19-21H,12-15,29H2,1-7H3/t19?,20-,21?/m0/s1. The molecule has 0 saturated carbocycles. The number of Topliss-reactive ketones (excluding diaryl/α,β-unsaturated/α-hetero) is 1. The Morgan fingerprint density at radius 1 is 1.00 bits per heavy atom. The van der Waals surface area contributed by atoms with E-state index >= 15 is 4.39 Å². The van der Waals surface area contributed by atoms with Crippen LogP contribution in [0.5, 0.6) is 0 Å². The normalized spacial score (nSPS) is 20.3. The van der Waals surface area contributed by atoms with Gasteiger partial charge < -0.3 is 24.8 Å². The number of cyclic esters (lactones) is 1. The fourth-order valence-electron chi connectivity index (χ4n) is 4.24. The number of rotatable bonds is 5. The van der Waals surface area contributed by atoms with Gasteiger partial charge in [0.1, 0.15) is 46.7 Å². The molecule has 3 rings (SSSR count). The summed E-state index contributed by atoms with van der Waals surface area (Å²) in [4.78, 5) is 67.7. The van der Waals surface area contributed by atoms with Gasteiger partial charge in [0.25, 0.3) is 5.91 Å². The molecular formula is C27H38FN5O8. The maximum atomic E-state index is 15.2. The predicted molar refractivity (Wildman–Crippen MR) is 144 cm³/mol. The summed E-state index contributed by atoms with van der Waals surface area (Å²) >= 11 is 0. The molecule has 0 aliphatic carbocycles. The zero-order valence-electron chi connectivity index (χ0n) is 24.4. The number of carbonyl (C=O) groups excluding carboxylic acids is 5. The molecule has 1 aromatic rings. The zero-order valence-corrected chi connectivity index (χ0v) is 24.4. The van der Waals surface area contributed by atoms with E-state index in [1.807, 2.05) is 0 Å². The molecule has 0 aromatic heterocycles. The third kappa shape index (κ3) is 7.63. The molecule has 0 radical (unpaired) electrons. The second-order valence-electron chi connectivity index (χ2n) is 11.9. The summed E-state index contributed by atoms with van der Waals surface area (Å²) in [7, 11) is 0. The van der Waals surface area contributed by atoms with Crippen molar-refractivity contribution in [2.24, 2.45) is 5.73 Å². The van der Waals surface area contributed by atoms with E-state index in [0.29, 0.717) is 0 Å². The van der Waals surface area contributed by atoms with E-state index in [0.717, 1.165) is 21.0 Å². The van der Waals surface area contributed by atoms with E-state index in [1.54, 1.807) is 41.5 Å². The molecule has 2 aliphatic heterocycles. The molecule has 0 bridgehead atoms. The van der Waals surface area contributed by atoms with Crippen LogP contribution >= 0.6 is 0 Å². The van der Waals surface area contributed by atoms with Crippen molar-refractivity contribution < 1.29 is 42.6 Å². The molecule has 41 heavy (non-hydrogen) atoms. The Balaban J connectivity index is 2.05. The second-order valence-corrected chi connectivity index (χ2v) is 11.9. The molecule has 13 nitrogen and oxygen atoms in total. The number of nitrogens with zero attached hydrogens (tertiary/aromatic N) is 4. The molecular weight excluding hydrogens is 541 g/mol. The van der Waals surface area contributed by atoms with Crippen LogP contribution in [0.25, 0.3) is 0 Å². The molecule has 2 heterocycles. The Hall–Kier alpha value is -3.94. The smallest absolute Gasteiger partial charge is 0.429 e. The lowest BCUT2D eigenvalue weighted by Crippen LogP contribution is -2.65. The molecule has 4 amide bonds. The van der Waals surface area contributed by atoms with Gasteiger partial charge in [0, 0.05) is 13.1 Å². The number of piperazine rings is 1. The molecule has 2 saturated heterocycles. The highest BCUT2D eigenvalue weighted by Gasteiger charge is 2.48. The molecule has 0 spiro atoms. The van der Waals surface area contributed by atoms with E-state index in [1.165, 1.54) is 30.0 Å². The summed E-state index contributed by atoms with van der Waals surface area (Å²) in [6, 6.07) is 2.62. The lowest BCUT2D eigenvalue weighted by atomic mass is 10.1. The molecule has 1 aromatic carbocycles. The summed E-state index contributed by atoms with van der Waals surface area (Å²) < 4.78 is 31.4. The number of hydrazine groups is 1. The van der Waals surface area contributed by atoms with Crippen molar-refractivity contribution in [2.75, 3.05) is 31.2 Å². The van der Waals surface area contributed by atoms with E-state index in [9.17, 15) is 24.0 Å². The van der Waals surface area contributed by atoms with Crippen LogP contribution in [0.2, 0.25) is 0 Å². The Morgan fingerprint density at radius 3 is 2.15 bits per heavy atom. The summed E-state index contributed by atoms with van der Waals surface area (Å²) in [6.07, 6.45) is -3.72. The van der Waals surface area contributed by atoms with Crippen molar-refractivity contribution in [1.29, 1.82) is 0 Å². The van der Waals surface area contributed by atoms with E-state index < -0.39 is 65.2 Å². The molecule has 226 valence electrons. The fourth-order valence-corrected chi connectivity index (χ4v) is 4.24. The highest BCUT2D eigenvalue weighted by molar-refractivity contribution is 6.01. The van der Waals surface area contributed by atoms with E-state index in [-0.39, 0.29) is 31.9 Å². The van der Waals surface area contributed by atoms with Gasteiger partial charge in [0.15, 0.2) is 0 Å². The molecule has 3 atom stereocenters. The Morgan fingerprint density at radius 2 is 1.59 bits per heavy atom. The van der Waals surface area contributed by atoms with Gasteiger partial charge in [-0.05, 0) is 60.6 Å². The molecule has 2 unspecified atom stereocenters. The van der Waals surface area contributed by atoms with Gasteiger partial charge in [-0.1, -0.05) is 12.1 Å². The lowest BCUT2D eigenvalue weighted by Gasteiger charge is -2.43. The summed E-state index contributed by atoms with van der Waals surface area (Å²) in [6.45, 7) is 10.5. The van der Waals surface area contributed by atoms with Gasteiger partial charge in [-0.3, -0.25) is 14.5 Å². The minimum atomic E-state index is -1.42. The van der Waals surface area contributed by atoms with Crippen LogP contribution in [-0.4, -0.2) is 100 Å². The van der Waals surface area contributed by atoms with Crippen molar-refractivity contribution >= 4 is 35.7 Å². The van der Waals surface area contributed by atoms with Crippen LogP contribution in [0, 0.1) is 5.82 Å². The number of hydrogen-bond donors (Lipinski definition) is 1. The topological polar surface area (TPSA) is 152 Å². The average molecular weight is 580 g/mol. The SMILES string of the molecule is CC(=O)C(N)[C@@H]1CN(N(C(=O)C2CN(C(=O)OC(C)(C)C)CCN2C(=O)OC(C)(C)C)c2ccccc2F)C(=O)O1. The third-order valence-electron chi connectivity index (χ3n) is 6.16. The molecule has 14 heteroatoms. The number of nitrogens with two attached hydrogens (primary N) is 1. The molecule has 2 N–H and O–H groups in total. The maximum absolute atomic E-state index is 15.2. The number of benzene rings is 1. The number of para-hydroxylation sites is 1. The Bertz CT molecular complexity index is 1200. The van der Waals surface area contributed by atoms with E-state index in [4.69, 9.17) is 19.9 Å². The first-order chi connectivity index (χ1) is 18.9. The fraction of sp³-hybridized carbons (Fsp3) is 0.593. The first-order valence-electron chi connectivity index (χ1n) is 13.2.